The van der Waals surface area contributed by atoms with E-state index in [1.54, 1.807) is 25.3 Å². The summed E-state index contributed by atoms with van der Waals surface area (Å²) in [6, 6.07) is 12.1. The number of methoxy groups -OCH3 is 1. The summed E-state index contributed by atoms with van der Waals surface area (Å²) in [7, 11) is 1.58. The molecule has 0 radical (unpaired) electrons. The van der Waals surface area contributed by atoms with Crippen molar-refractivity contribution >= 4 is 46.2 Å². The number of ether oxygens (including phenoxy) is 1. The van der Waals surface area contributed by atoms with Crippen molar-refractivity contribution in [2.75, 3.05) is 7.11 Å². The van der Waals surface area contributed by atoms with Crippen LogP contribution in [0.5, 0.6) is 11.5 Å². The van der Waals surface area contributed by atoms with Crippen LogP contribution in [0.25, 0.3) is 6.08 Å². The predicted molar refractivity (Wildman–Crippen MR) is 104 cm³/mol. The molecule has 0 spiro atoms. The fourth-order valence-electron chi connectivity index (χ4n) is 2.02. The van der Waals surface area contributed by atoms with Gasteiger partial charge >= 0.3 is 0 Å². The highest BCUT2D eigenvalue weighted by molar-refractivity contribution is 14.1. The first-order chi connectivity index (χ1) is 11.9. The van der Waals surface area contributed by atoms with Crippen LogP contribution in [0.3, 0.4) is 0 Å². The van der Waals surface area contributed by atoms with Crippen molar-refractivity contribution in [1.82, 2.24) is 5.32 Å². The number of nitriles is 1. The molecule has 0 aliphatic rings. The van der Waals surface area contributed by atoms with Crippen LogP contribution in [0, 0.1) is 14.9 Å². The van der Waals surface area contributed by atoms with Crippen molar-refractivity contribution in [3.05, 3.63) is 61.7 Å². The Labute approximate surface area is 164 Å². The van der Waals surface area contributed by atoms with Crippen LogP contribution in [0.1, 0.15) is 11.1 Å². The topological polar surface area (TPSA) is 82.3 Å². The largest absolute Gasteiger partial charge is 0.506 e. The molecule has 2 rings (SSSR count). The first-order valence-corrected chi connectivity index (χ1v) is 8.61. The number of nitrogens with zero attached hydrogens (tertiary/aromatic N) is 1. The molecule has 7 heteroatoms. The Morgan fingerprint density at radius 2 is 2.08 bits per heavy atom. The van der Waals surface area contributed by atoms with Gasteiger partial charge in [0.25, 0.3) is 5.91 Å². The molecule has 0 unspecified atom stereocenters. The van der Waals surface area contributed by atoms with Gasteiger partial charge in [-0.05, 0) is 58.5 Å². The first kappa shape index (κ1) is 19.1. The lowest BCUT2D eigenvalue weighted by Gasteiger charge is -2.07. The summed E-state index contributed by atoms with van der Waals surface area (Å²) in [5.41, 5.74) is 1.06. The predicted octanol–water partition coefficient (Wildman–Crippen LogP) is 3.88. The number of carbonyl (C=O) groups is 1. The van der Waals surface area contributed by atoms with Crippen LogP contribution in [-0.4, -0.2) is 18.1 Å². The number of amides is 1. The smallest absolute Gasteiger partial charge is 0.262 e. The maximum absolute atomic E-state index is 12.2. The van der Waals surface area contributed by atoms with Gasteiger partial charge in [0.15, 0.2) is 0 Å². The second kappa shape index (κ2) is 8.74. The molecule has 2 N–H and O–H groups in total. The Hall–Kier alpha value is -2.24. The average Bonchev–Trinajstić information content (AvgIpc) is 2.61. The van der Waals surface area contributed by atoms with Gasteiger partial charge in [-0.2, -0.15) is 5.26 Å². The van der Waals surface area contributed by atoms with Crippen molar-refractivity contribution < 1.29 is 14.6 Å². The van der Waals surface area contributed by atoms with Crippen LogP contribution in [0.2, 0.25) is 5.02 Å². The van der Waals surface area contributed by atoms with E-state index in [9.17, 15) is 15.2 Å². The van der Waals surface area contributed by atoms with Gasteiger partial charge in [-0.1, -0.05) is 23.7 Å². The summed E-state index contributed by atoms with van der Waals surface area (Å²) in [5.74, 6) is 0.159. The number of phenolic OH excluding ortho intramolecular Hbond substituents is 1. The van der Waals surface area contributed by atoms with E-state index in [1.165, 1.54) is 12.1 Å². The minimum atomic E-state index is -0.535. The molecule has 25 heavy (non-hydrogen) atoms. The van der Waals surface area contributed by atoms with Crippen LogP contribution in [0.15, 0.2) is 42.0 Å². The second-order valence-electron chi connectivity index (χ2n) is 5.03. The van der Waals surface area contributed by atoms with Crippen molar-refractivity contribution in [2.24, 2.45) is 0 Å². The molecule has 0 saturated heterocycles. The Morgan fingerprint density at radius 3 is 2.68 bits per heavy atom. The Kier molecular flexibility index (Phi) is 6.67. The third-order valence-electron chi connectivity index (χ3n) is 3.33. The Bertz CT molecular complexity index is 858. The highest BCUT2D eigenvalue weighted by Gasteiger charge is 2.12. The van der Waals surface area contributed by atoms with E-state index in [0.717, 1.165) is 11.3 Å². The molecule has 5 nitrogen and oxygen atoms in total. The highest BCUT2D eigenvalue weighted by Crippen LogP contribution is 2.30. The number of phenols is 1. The van der Waals surface area contributed by atoms with Crippen molar-refractivity contribution in [3.63, 3.8) is 0 Å². The SMILES string of the molecule is COc1ccc(CNC(=O)/C(C#N)=C\c2cc(Cl)cc(I)c2O)cc1. The molecule has 0 bridgehead atoms. The van der Waals surface area contributed by atoms with Gasteiger partial charge in [-0.15, -0.1) is 0 Å². The summed E-state index contributed by atoms with van der Waals surface area (Å²) in [4.78, 5) is 12.2. The van der Waals surface area contributed by atoms with Gasteiger partial charge < -0.3 is 15.2 Å². The zero-order valence-electron chi connectivity index (χ0n) is 13.2. The molecular formula is C18H14ClIN2O3. The molecule has 2 aromatic carbocycles. The van der Waals surface area contributed by atoms with E-state index in [-0.39, 0.29) is 17.9 Å². The maximum atomic E-state index is 12.2. The van der Waals surface area contributed by atoms with E-state index in [2.05, 4.69) is 5.32 Å². The Morgan fingerprint density at radius 1 is 1.40 bits per heavy atom. The molecule has 0 saturated carbocycles. The number of hydrogen-bond acceptors (Lipinski definition) is 4. The number of halogens is 2. The zero-order valence-corrected chi connectivity index (χ0v) is 16.1. The molecule has 0 aromatic heterocycles. The van der Waals surface area contributed by atoms with Crippen molar-refractivity contribution in [1.29, 1.82) is 5.26 Å². The van der Waals surface area contributed by atoms with Gasteiger partial charge in [-0.25, -0.2) is 0 Å². The number of rotatable bonds is 5. The Balaban J connectivity index is 2.14. The lowest BCUT2D eigenvalue weighted by atomic mass is 10.1. The monoisotopic (exact) mass is 468 g/mol. The van der Waals surface area contributed by atoms with Crippen molar-refractivity contribution in [2.45, 2.75) is 6.54 Å². The molecule has 0 atom stereocenters. The van der Waals surface area contributed by atoms with Crippen LogP contribution < -0.4 is 10.1 Å². The number of nitrogens with one attached hydrogen (secondary N) is 1. The van der Waals surface area contributed by atoms with Gasteiger partial charge in [0, 0.05) is 17.1 Å². The molecular weight excluding hydrogens is 455 g/mol. The third-order valence-corrected chi connectivity index (χ3v) is 4.38. The fraction of sp³-hybridized carbons (Fsp3) is 0.111. The van der Waals surface area contributed by atoms with Gasteiger partial charge in [0.1, 0.15) is 23.1 Å². The lowest BCUT2D eigenvalue weighted by Crippen LogP contribution is -2.23. The number of benzene rings is 2. The zero-order chi connectivity index (χ0) is 18.4. The summed E-state index contributed by atoms with van der Waals surface area (Å²) >= 11 is 7.88. The maximum Gasteiger partial charge on any atom is 0.262 e. The van der Waals surface area contributed by atoms with Crippen LogP contribution in [-0.2, 0) is 11.3 Å². The summed E-state index contributed by atoms with van der Waals surface area (Å²) in [6.45, 7) is 0.265. The first-order valence-electron chi connectivity index (χ1n) is 7.15. The summed E-state index contributed by atoms with van der Waals surface area (Å²) in [6.07, 6.45) is 1.31. The molecule has 128 valence electrons. The van der Waals surface area contributed by atoms with Gasteiger partial charge in [0.05, 0.1) is 10.7 Å². The lowest BCUT2D eigenvalue weighted by molar-refractivity contribution is -0.117. The van der Waals surface area contributed by atoms with E-state index in [0.29, 0.717) is 14.2 Å². The van der Waals surface area contributed by atoms with Crippen LogP contribution in [0.4, 0.5) is 0 Å². The minimum Gasteiger partial charge on any atom is -0.506 e. The van der Waals surface area contributed by atoms with E-state index in [4.69, 9.17) is 16.3 Å². The highest BCUT2D eigenvalue weighted by atomic mass is 127. The quantitative estimate of drug-likeness (QED) is 0.396. The molecule has 0 aliphatic carbocycles. The number of hydrogen-bond donors (Lipinski definition) is 2. The molecule has 2 aromatic rings. The van der Waals surface area contributed by atoms with E-state index in [1.807, 2.05) is 40.8 Å². The van der Waals surface area contributed by atoms with Crippen molar-refractivity contribution in [3.8, 4) is 17.6 Å². The van der Waals surface area contributed by atoms with Gasteiger partial charge in [0.2, 0.25) is 0 Å². The number of aromatic hydroxyl groups is 1. The summed E-state index contributed by atoms with van der Waals surface area (Å²) < 4.78 is 5.61. The van der Waals surface area contributed by atoms with Crippen LogP contribution >= 0.6 is 34.2 Å². The average molecular weight is 469 g/mol. The molecule has 1 amide bonds. The fourth-order valence-corrected chi connectivity index (χ4v) is 3.08. The normalized spacial score (nSPS) is 10.9. The second-order valence-corrected chi connectivity index (χ2v) is 6.62. The standard InChI is InChI=1S/C18H14ClIN2O3/c1-25-15-4-2-11(3-5-15)10-22-18(24)13(9-21)6-12-7-14(19)8-16(20)17(12)23/h2-8,23H,10H2,1H3,(H,22,24)/b13-6-. The van der Waals surface area contributed by atoms with E-state index >= 15 is 0 Å². The molecule has 0 fully saturated rings. The third kappa shape index (κ3) is 5.11. The number of carbonyl (C=O) groups excluding carboxylic acids is 1. The molecule has 0 heterocycles. The summed E-state index contributed by atoms with van der Waals surface area (Å²) in [5, 5.41) is 22.4. The van der Waals surface area contributed by atoms with E-state index < -0.39 is 5.91 Å². The van der Waals surface area contributed by atoms with Gasteiger partial charge in [-0.3, -0.25) is 4.79 Å². The minimum absolute atomic E-state index is 0.0271. The molecule has 0 aliphatic heterocycles.